The topological polar surface area (TPSA) is 86.8 Å². The zero-order chi connectivity index (χ0) is 20.8. The van der Waals surface area contributed by atoms with Crippen LogP contribution in [0.15, 0.2) is 36.5 Å². The van der Waals surface area contributed by atoms with E-state index in [0.717, 1.165) is 24.3 Å². The summed E-state index contributed by atoms with van der Waals surface area (Å²) in [5.74, 6) is 0. The van der Waals surface area contributed by atoms with Crippen molar-refractivity contribution in [1.29, 1.82) is 0 Å². The standard InChI is InChI=1S/C20H24ClN5O3/c1-14-3-5-16(12-22-14)23-19(27)24-18-11-15(4-6-17(18)21)13-25-7-9-26(10-8-25)20(28)29-2/h3-6,11-12H,7-10,13H2,1-2H3,(H2,23,24,27). The lowest BCUT2D eigenvalue weighted by atomic mass is 10.1. The van der Waals surface area contributed by atoms with Crippen LogP contribution in [0.3, 0.4) is 0 Å². The van der Waals surface area contributed by atoms with Crippen LogP contribution < -0.4 is 10.6 Å². The molecular weight excluding hydrogens is 394 g/mol. The lowest BCUT2D eigenvalue weighted by molar-refractivity contribution is 0.0889. The number of aryl methyl sites for hydroxylation is 1. The van der Waals surface area contributed by atoms with Gasteiger partial charge in [-0.2, -0.15) is 0 Å². The van der Waals surface area contributed by atoms with Crippen LogP contribution >= 0.6 is 11.6 Å². The van der Waals surface area contributed by atoms with Crippen LogP contribution in [0.2, 0.25) is 5.02 Å². The van der Waals surface area contributed by atoms with Gasteiger partial charge in [0.1, 0.15) is 0 Å². The number of amides is 3. The number of urea groups is 1. The van der Waals surface area contributed by atoms with E-state index in [1.165, 1.54) is 7.11 Å². The molecule has 3 rings (SSSR count). The monoisotopic (exact) mass is 417 g/mol. The van der Waals surface area contributed by atoms with E-state index in [-0.39, 0.29) is 12.1 Å². The molecule has 9 heteroatoms. The minimum atomic E-state index is -0.388. The van der Waals surface area contributed by atoms with Crippen LogP contribution in [0.4, 0.5) is 21.0 Å². The maximum atomic E-state index is 12.3. The van der Waals surface area contributed by atoms with Gasteiger partial charge < -0.3 is 20.3 Å². The molecule has 0 atom stereocenters. The minimum absolute atomic E-state index is 0.294. The Balaban J connectivity index is 1.57. The highest BCUT2D eigenvalue weighted by Gasteiger charge is 2.21. The number of rotatable bonds is 4. The molecule has 0 unspecified atom stereocenters. The summed E-state index contributed by atoms with van der Waals surface area (Å²) in [5.41, 5.74) is 3.03. The van der Waals surface area contributed by atoms with Crippen molar-refractivity contribution in [3.05, 3.63) is 52.8 Å². The minimum Gasteiger partial charge on any atom is -0.453 e. The van der Waals surface area contributed by atoms with E-state index in [0.29, 0.717) is 36.0 Å². The number of pyridine rings is 1. The highest BCUT2D eigenvalue weighted by molar-refractivity contribution is 6.33. The number of nitrogens with one attached hydrogen (secondary N) is 2. The van der Waals surface area contributed by atoms with E-state index < -0.39 is 0 Å². The van der Waals surface area contributed by atoms with Crippen molar-refractivity contribution in [3.8, 4) is 0 Å². The normalized spacial score (nSPS) is 14.4. The number of aromatic nitrogens is 1. The van der Waals surface area contributed by atoms with Crippen molar-refractivity contribution in [3.63, 3.8) is 0 Å². The molecule has 154 valence electrons. The summed E-state index contributed by atoms with van der Waals surface area (Å²) >= 11 is 6.25. The summed E-state index contributed by atoms with van der Waals surface area (Å²) in [6.45, 7) is 5.33. The first kappa shape index (κ1) is 20.9. The molecule has 2 N–H and O–H groups in total. The number of methoxy groups -OCH3 is 1. The van der Waals surface area contributed by atoms with Gasteiger partial charge in [-0.25, -0.2) is 9.59 Å². The predicted molar refractivity (Wildman–Crippen MR) is 112 cm³/mol. The van der Waals surface area contributed by atoms with Gasteiger partial charge >= 0.3 is 12.1 Å². The second kappa shape index (κ2) is 9.58. The van der Waals surface area contributed by atoms with Crippen molar-refractivity contribution < 1.29 is 14.3 Å². The van der Waals surface area contributed by atoms with Gasteiger partial charge in [0.15, 0.2) is 0 Å². The second-order valence-electron chi connectivity index (χ2n) is 6.81. The molecule has 2 heterocycles. The van der Waals surface area contributed by atoms with Gasteiger partial charge in [0, 0.05) is 38.4 Å². The van der Waals surface area contributed by atoms with E-state index in [4.69, 9.17) is 16.3 Å². The number of hydrogen-bond donors (Lipinski definition) is 2. The Kier molecular flexibility index (Phi) is 6.90. The van der Waals surface area contributed by atoms with E-state index in [1.807, 2.05) is 25.1 Å². The lowest BCUT2D eigenvalue weighted by Gasteiger charge is -2.33. The third-order valence-corrected chi connectivity index (χ3v) is 4.99. The average Bonchev–Trinajstić information content (AvgIpc) is 2.72. The Morgan fingerprint density at radius 1 is 1.14 bits per heavy atom. The predicted octanol–water partition coefficient (Wildman–Crippen LogP) is 3.57. The SMILES string of the molecule is COC(=O)N1CCN(Cc2ccc(Cl)c(NC(=O)Nc3ccc(C)nc3)c2)CC1. The fraction of sp³-hybridized carbons (Fsp3) is 0.350. The van der Waals surface area contributed by atoms with E-state index in [2.05, 4.69) is 20.5 Å². The largest absolute Gasteiger partial charge is 0.453 e. The van der Waals surface area contributed by atoms with Crippen LogP contribution in [-0.2, 0) is 11.3 Å². The Labute approximate surface area is 174 Å². The molecule has 29 heavy (non-hydrogen) atoms. The molecule has 1 aliphatic heterocycles. The van der Waals surface area contributed by atoms with Crippen LogP contribution in [0.25, 0.3) is 0 Å². The smallest absolute Gasteiger partial charge is 0.409 e. The third kappa shape index (κ3) is 5.82. The first-order valence-corrected chi connectivity index (χ1v) is 9.67. The molecule has 0 bridgehead atoms. The van der Waals surface area contributed by atoms with Crippen molar-refractivity contribution >= 4 is 35.1 Å². The van der Waals surface area contributed by atoms with Gasteiger partial charge in [0.25, 0.3) is 0 Å². The Bertz CT molecular complexity index is 867. The van der Waals surface area contributed by atoms with Crippen LogP contribution in [-0.4, -0.2) is 60.2 Å². The first-order chi connectivity index (χ1) is 13.9. The number of nitrogens with zero attached hydrogens (tertiary/aromatic N) is 3. The van der Waals surface area contributed by atoms with Gasteiger partial charge in [0.2, 0.25) is 0 Å². The molecule has 1 fully saturated rings. The molecule has 1 aliphatic rings. The van der Waals surface area contributed by atoms with Crippen molar-refractivity contribution in [2.24, 2.45) is 0 Å². The quantitative estimate of drug-likeness (QED) is 0.794. The molecule has 2 aromatic rings. The Morgan fingerprint density at radius 2 is 1.90 bits per heavy atom. The highest BCUT2D eigenvalue weighted by atomic mass is 35.5. The first-order valence-electron chi connectivity index (χ1n) is 9.29. The van der Waals surface area contributed by atoms with Gasteiger partial charge in [-0.3, -0.25) is 9.88 Å². The highest BCUT2D eigenvalue weighted by Crippen LogP contribution is 2.24. The Hall–Kier alpha value is -2.84. The number of ether oxygens (including phenoxy) is 1. The van der Waals surface area contributed by atoms with Crippen molar-refractivity contribution in [1.82, 2.24) is 14.8 Å². The summed E-state index contributed by atoms with van der Waals surface area (Å²) < 4.78 is 4.76. The van der Waals surface area contributed by atoms with Gasteiger partial charge in [-0.1, -0.05) is 17.7 Å². The number of benzene rings is 1. The third-order valence-electron chi connectivity index (χ3n) is 4.66. The maximum Gasteiger partial charge on any atom is 0.409 e. The molecule has 1 aromatic heterocycles. The van der Waals surface area contributed by atoms with Crippen LogP contribution in [0.5, 0.6) is 0 Å². The molecular formula is C20H24ClN5O3. The summed E-state index contributed by atoms with van der Waals surface area (Å²) in [4.78, 5) is 31.9. The summed E-state index contributed by atoms with van der Waals surface area (Å²) in [7, 11) is 1.39. The molecule has 0 radical (unpaired) electrons. The fourth-order valence-electron chi connectivity index (χ4n) is 3.07. The summed E-state index contributed by atoms with van der Waals surface area (Å²) in [6, 6.07) is 8.78. The molecule has 0 aliphatic carbocycles. The molecule has 1 aromatic carbocycles. The maximum absolute atomic E-state index is 12.3. The van der Waals surface area contributed by atoms with Crippen molar-refractivity contribution in [2.75, 3.05) is 43.9 Å². The van der Waals surface area contributed by atoms with E-state index in [9.17, 15) is 9.59 Å². The number of anilines is 2. The van der Waals surface area contributed by atoms with Gasteiger partial charge in [-0.05, 0) is 36.8 Å². The van der Waals surface area contributed by atoms with Crippen molar-refractivity contribution in [2.45, 2.75) is 13.5 Å². The fourth-order valence-corrected chi connectivity index (χ4v) is 3.23. The zero-order valence-corrected chi connectivity index (χ0v) is 17.2. The zero-order valence-electron chi connectivity index (χ0n) is 16.4. The van der Waals surface area contributed by atoms with Crippen LogP contribution in [0.1, 0.15) is 11.3 Å². The summed E-state index contributed by atoms with van der Waals surface area (Å²) in [6.07, 6.45) is 1.30. The molecule has 3 amide bonds. The molecule has 0 spiro atoms. The second-order valence-corrected chi connectivity index (χ2v) is 7.22. The van der Waals surface area contributed by atoms with Gasteiger partial charge in [0.05, 0.1) is 29.7 Å². The van der Waals surface area contributed by atoms with E-state index in [1.54, 1.807) is 23.2 Å². The molecule has 0 saturated carbocycles. The number of carbonyl (C=O) groups is 2. The summed E-state index contributed by atoms with van der Waals surface area (Å²) in [5, 5.41) is 5.98. The number of carbonyl (C=O) groups excluding carboxylic acids is 2. The van der Waals surface area contributed by atoms with Gasteiger partial charge in [-0.15, -0.1) is 0 Å². The average molecular weight is 418 g/mol. The Morgan fingerprint density at radius 3 is 2.55 bits per heavy atom. The molecule has 1 saturated heterocycles. The number of hydrogen-bond acceptors (Lipinski definition) is 5. The van der Waals surface area contributed by atoms with E-state index >= 15 is 0 Å². The lowest BCUT2D eigenvalue weighted by Crippen LogP contribution is -2.48. The number of piperazine rings is 1. The number of halogens is 1. The van der Waals surface area contributed by atoms with Crippen LogP contribution in [0, 0.1) is 6.92 Å². The molecule has 8 nitrogen and oxygen atoms in total.